The van der Waals surface area contributed by atoms with Crippen LogP contribution in [0.5, 0.6) is 0 Å². The number of aryl methyl sites for hydroxylation is 2. The molecule has 1 rings (SSSR count). The summed E-state index contributed by atoms with van der Waals surface area (Å²) < 4.78 is 40.1. The van der Waals surface area contributed by atoms with Crippen LogP contribution in [0.15, 0.2) is 40.9 Å². The predicted octanol–water partition coefficient (Wildman–Crippen LogP) is 12.5. The summed E-state index contributed by atoms with van der Waals surface area (Å²) in [5.74, 6) is 1.32. The van der Waals surface area contributed by atoms with Crippen molar-refractivity contribution in [1.82, 2.24) is 0 Å². The maximum atomic E-state index is 12.7. The Morgan fingerprint density at radius 1 is 0.688 bits per heavy atom. The molecule has 1 aromatic heterocycles. The zero-order valence-corrected chi connectivity index (χ0v) is 42.4. The third kappa shape index (κ3) is 33.9. The average molecular weight is 922 g/mol. The molecule has 0 aliphatic rings. The van der Waals surface area contributed by atoms with Gasteiger partial charge in [0, 0.05) is 25.7 Å². The number of ether oxygens (including phenoxy) is 2. The highest BCUT2D eigenvalue weighted by Crippen LogP contribution is 2.38. The molecule has 0 radical (unpaired) electrons. The number of aliphatic hydroxyl groups excluding tert-OH is 1. The first kappa shape index (κ1) is 59.5. The Hall–Kier alpha value is -2.53. The van der Waals surface area contributed by atoms with E-state index < -0.39 is 38.6 Å². The molecule has 0 spiro atoms. The second-order valence-electron chi connectivity index (χ2n) is 18.6. The van der Waals surface area contributed by atoms with Crippen LogP contribution in [-0.2, 0) is 45.5 Å². The van der Waals surface area contributed by atoms with Crippen LogP contribution in [0.3, 0.4) is 0 Å². The van der Waals surface area contributed by atoms with Gasteiger partial charge in [0.2, 0.25) is 0 Å². The number of phosphoric acid groups is 1. The highest BCUT2D eigenvalue weighted by Gasteiger charge is 2.22. The lowest BCUT2D eigenvalue weighted by molar-refractivity contribution is -0.870. The van der Waals surface area contributed by atoms with Crippen molar-refractivity contribution in [3.63, 3.8) is 0 Å². The normalized spacial score (nSPS) is 14.2. The van der Waals surface area contributed by atoms with Crippen molar-refractivity contribution in [3.05, 3.63) is 59.1 Å². The van der Waals surface area contributed by atoms with Crippen LogP contribution in [0.25, 0.3) is 0 Å². The fraction of sp³-hybridized carbons (Fsp3) is 0.769. The molecule has 0 saturated carbocycles. The van der Waals surface area contributed by atoms with Crippen LogP contribution in [0, 0.1) is 13.8 Å². The van der Waals surface area contributed by atoms with Gasteiger partial charge in [0.1, 0.15) is 31.3 Å². The number of hydrogen-bond acceptors (Lipinski definition) is 10. The Balaban J connectivity index is 2.36. The Labute approximate surface area is 390 Å². The number of unbranched alkanes of at least 4 members (excludes halogenated alkanes) is 17. The summed E-state index contributed by atoms with van der Waals surface area (Å²) in [5.41, 5.74) is 2.68. The standard InChI is InChI=1S/C52H92NO10P/c1-8-10-12-13-14-15-16-17-18-21-24-27-31-35-47(54)36-34-40-52(56)62-48(44-61-64(57,58)60-42-41-53(5,6)7)43-59-51(55)39-33-29-26-23-20-19-22-25-28-32-38-50-46(4)45(3)49(63-50)37-30-11-9-2/h17-18,24,27,31,35,47-48,54H,8-16,19-23,25-26,28-30,32-34,36-44H2,1-7H3/b18-17+,27-24+,35-31+/t47?,48-/m1/s1. The van der Waals surface area contributed by atoms with Gasteiger partial charge in [0.05, 0.1) is 33.9 Å². The molecule has 12 heteroatoms. The molecule has 0 saturated heterocycles. The first-order valence-electron chi connectivity index (χ1n) is 25.2. The summed E-state index contributed by atoms with van der Waals surface area (Å²) in [6.45, 7) is 8.34. The largest absolute Gasteiger partial charge is 0.756 e. The molecule has 1 aromatic rings. The van der Waals surface area contributed by atoms with Gasteiger partial charge in [-0.2, -0.15) is 0 Å². The lowest BCUT2D eigenvalue weighted by Gasteiger charge is -2.28. The van der Waals surface area contributed by atoms with Gasteiger partial charge in [-0.15, -0.1) is 0 Å². The fourth-order valence-corrected chi connectivity index (χ4v) is 7.92. The highest BCUT2D eigenvalue weighted by molar-refractivity contribution is 7.45. The number of likely N-dealkylation sites (N-methyl/N-ethyl adjacent to an activating group) is 1. The summed E-state index contributed by atoms with van der Waals surface area (Å²) in [7, 11) is 1.04. The Morgan fingerprint density at radius 2 is 1.23 bits per heavy atom. The molecule has 0 aromatic carbocycles. The maximum Gasteiger partial charge on any atom is 0.306 e. The van der Waals surface area contributed by atoms with Crippen molar-refractivity contribution in [2.45, 2.75) is 213 Å². The van der Waals surface area contributed by atoms with E-state index in [0.29, 0.717) is 30.3 Å². The van der Waals surface area contributed by atoms with E-state index in [9.17, 15) is 24.2 Å². The third-order valence-electron chi connectivity index (χ3n) is 11.5. The Kier molecular flexibility index (Phi) is 34.9. The number of furan rings is 1. The van der Waals surface area contributed by atoms with Crippen LogP contribution in [0.2, 0.25) is 0 Å². The van der Waals surface area contributed by atoms with Crippen LogP contribution < -0.4 is 4.89 Å². The molecular weight excluding hydrogens is 830 g/mol. The zero-order valence-electron chi connectivity index (χ0n) is 41.6. The van der Waals surface area contributed by atoms with E-state index in [0.717, 1.165) is 44.9 Å². The number of nitrogens with zero attached hydrogens (tertiary/aromatic N) is 1. The van der Waals surface area contributed by atoms with Crippen molar-refractivity contribution in [2.75, 3.05) is 47.5 Å². The average Bonchev–Trinajstić information content (AvgIpc) is 3.51. The van der Waals surface area contributed by atoms with Gasteiger partial charge in [-0.05, 0) is 76.3 Å². The van der Waals surface area contributed by atoms with Crippen molar-refractivity contribution in [1.29, 1.82) is 0 Å². The number of esters is 2. The first-order valence-corrected chi connectivity index (χ1v) is 26.6. The van der Waals surface area contributed by atoms with Gasteiger partial charge in [-0.3, -0.25) is 14.2 Å². The van der Waals surface area contributed by atoms with E-state index in [4.69, 9.17) is 22.9 Å². The van der Waals surface area contributed by atoms with Gasteiger partial charge in [-0.1, -0.05) is 147 Å². The van der Waals surface area contributed by atoms with E-state index in [1.807, 2.05) is 33.3 Å². The molecule has 11 nitrogen and oxygen atoms in total. The maximum absolute atomic E-state index is 12.7. The molecule has 2 unspecified atom stereocenters. The number of carbonyl (C=O) groups is 2. The van der Waals surface area contributed by atoms with Gasteiger partial charge in [0.15, 0.2) is 6.10 Å². The van der Waals surface area contributed by atoms with Crippen LogP contribution in [0.4, 0.5) is 0 Å². The molecule has 0 bridgehead atoms. The van der Waals surface area contributed by atoms with Gasteiger partial charge >= 0.3 is 11.9 Å². The van der Waals surface area contributed by atoms with E-state index in [-0.39, 0.29) is 26.1 Å². The van der Waals surface area contributed by atoms with Crippen molar-refractivity contribution >= 4 is 19.8 Å². The summed E-state index contributed by atoms with van der Waals surface area (Å²) in [4.78, 5) is 37.8. The lowest BCUT2D eigenvalue weighted by atomic mass is 10.0. The Morgan fingerprint density at radius 3 is 1.86 bits per heavy atom. The van der Waals surface area contributed by atoms with Crippen LogP contribution in [0.1, 0.15) is 197 Å². The number of allylic oxidation sites excluding steroid dienone is 5. The highest BCUT2D eigenvalue weighted by atomic mass is 31.2. The minimum absolute atomic E-state index is 0.00509. The van der Waals surface area contributed by atoms with Gasteiger partial charge in [-0.25, -0.2) is 0 Å². The van der Waals surface area contributed by atoms with E-state index in [1.54, 1.807) is 12.2 Å². The molecule has 0 aliphatic heterocycles. The molecule has 370 valence electrons. The van der Waals surface area contributed by atoms with Crippen molar-refractivity contribution in [3.8, 4) is 0 Å². The molecule has 0 amide bonds. The fourth-order valence-electron chi connectivity index (χ4n) is 7.20. The van der Waals surface area contributed by atoms with Crippen LogP contribution in [-0.4, -0.2) is 81.2 Å². The smallest absolute Gasteiger partial charge is 0.306 e. The summed E-state index contributed by atoms with van der Waals surface area (Å²) in [6, 6.07) is 0. The summed E-state index contributed by atoms with van der Waals surface area (Å²) in [6.07, 6.45) is 37.3. The lowest BCUT2D eigenvalue weighted by Crippen LogP contribution is -2.37. The second kappa shape index (κ2) is 37.5. The number of aliphatic hydroxyl groups is 1. The number of quaternary nitrogens is 1. The third-order valence-corrected chi connectivity index (χ3v) is 12.4. The zero-order chi connectivity index (χ0) is 47.3. The molecule has 1 N–H and O–H groups in total. The van der Waals surface area contributed by atoms with Gasteiger partial charge in [0.25, 0.3) is 7.82 Å². The number of hydrogen-bond donors (Lipinski definition) is 1. The molecule has 0 aliphatic carbocycles. The second-order valence-corrected chi connectivity index (χ2v) is 20.0. The van der Waals surface area contributed by atoms with Crippen molar-refractivity contribution in [2.24, 2.45) is 0 Å². The molecule has 0 fully saturated rings. The first-order chi connectivity index (χ1) is 30.7. The monoisotopic (exact) mass is 922 g/mol. The van der Waals surface area contributed by atoms with Crippen LogP contribution >= 0.6 is 7.82 Å². The summed E-state index contributed by atoms with van der Waals surface area (Å²) in [5, 5.41) is 10.4. The van der Waals surface area contributed by atoms with E-state index >= 15 is 0 Å². The quantitative estimate of drug-likeness (QED) is 0.0168. The SMILES string of the molecule is CCCCCCCC/C=C/C/C=C/C=C/C(O)CCCC(=O)O[C@H](COC(=O)CCCCCCCCCCCCc1oc(CCCCC)c(C)c1C)COP(=O)([O-])OCC[N+](C)(C)C. The molecule has 64 heavy (non-hydrogen) atoms. The predicted molar refractivity (Wildman–Crippen MR) is 259 cm³/mol. The minimum Gasteiger partial charge on any atom is -0.756 e. The van der Waals surface area contributed by atoms with Gasteiger partial charge < -0.3 is 37.4 Å². The summed E-state index contributed by atoms with van der Waals surface area (Å²) >= 11 is 0. The Bertz CT molecular complexity index is 1480. The molecule has 1 heterocycles. The number of phosphoric ester groups is 1. The molecular formula is C52H92NO10P. The van der Waals surface area contributed by atoms with E-state index in [1.165, 1.54) is 119 Å². The topological polar surface area (TPSA) is 145 Å². The van der Waals surface area contributed by atoms with Crippen molar-refractivity contribution < 1.29 is 51.6 Å². The van der Waals surface area contributed by atoms with E-state index in [2.05, 4.69) is 39.8 Å². The molecule has 3 atom stereocenters. The minimum atomic E-state index is -4.69. The number of carbonyl (C=O) groups excluding carboxylic acids is 2. The number of rotatable bonds is 42.